The number of carbonyl (C=O) groups excluding carboxylic acids is 2. The number of hydrogen-bond donors (Lipinski definition) is 0. The smallest absolute Gasteiger partial charge is 0.411 e. The van der Waals surface area contributed by atoms with E-state index in [1.807, 2.05) is 0 Å². The molecule has 0 aliphatic carbocycles. The molecule has 0 spiro atoms. The standard InChI is InChI=1S/C17H23N3O6/c1-17(2,3)26-16(22)19-10-9-18(11-14(19)15(21)25-4)12-7-5-6-8-13(12)20(23)24/h5-8,14H,9-11H2,1-4H3/t14-/m1/s1. The Hall–Kier alpha value is -2.84. The van der Waals surface area contributed by atoms with Gasteiger partial charge in [0.2, 0.25) is 0 Å². The minimum Gasteiger partial charge on any atom is -0.467 e. The van der Waals surface area contributed by atoms with Crippen LogP contribution in [0.3, 0.4) is 0 Å². The molecule has 1 aliphatic heterocycles. The number of benzene rings is 1. The van der Waals surface area contributed by atoms with Crippen molar-refractivity contribution in [3.05, 3.63) is 34.4 Å². The highest BCUT2D eigenvalue weighted by atomic mass is 16.6. The molecular weight excluding hydrogens is 342 g/mol. The van der Waals surface area contributed by atoms with Crippen LogP contribution in [0.1, 0.15) is 20.8 Å². The third kappa shape index (κ3) is 4.41. The summed E-state index contributed by atoms with van der Waals surface area (Å²) in [5, 5.41) is 11.3. The lowest BCUT2D eigenvalue weighted by Gasteiger charge is -2.40. The second-order valence-corrected chi connectivity index (χ2v) is 6.90. The predicted molar refractivity (Wildman–Crippen MR) is 94.1 cm³/mol. The number of nitro benzene ring substituents is 1. The number of piperazine rings is 1. The number of rotatable bonds is 3. The molecule has 2 rings (SSSR count). The minimum atomic E-state index is -0.914. The van der Waals surface area contributed by atoms with Crippen LogP contribution in [0.2, 0.25) is 0 Å². The first-order chi connectivity index (χ1) is 12.1. The van der Waals surface area contributed by atoms with Crippen LogP contribution in [0.15, 0.2) is 24.3 Å². The fourth-order valence-electron chi connectivity index (χ4n) is 2.76. The molecule has 142 valence electrons. The summed E-state index contributed by atoms with van der Waals surface area (Å²) in [5.74, 6) is -0.598. The largest absolute Gasteiger partial charge is 0.467 e. The molecule has 1 saturated heterocycles. The van der Waals surface area contributed by atoms with Crippen molar-refractivity contribution in [2.75, 3.05) is 31.6 Å². The number of amides is 1. The van der Waals surface area contributed by atoms with Crippen LogP contribution < -0.4 is 4.90 Å². The lowest BCUT2D eigenvalue weighted by molar-refractivity contribution is -0.384. The van der Waals surface area contributed by atoms with Crippen LogP contribution in [-0.2, 0) is 14.3 Å². The monoisotopic (exact) mass is 365 g/mol. The van der Waals surface area contributed by atoms with Gasteiger partial charge in [0.05, 0.1) is 12.0 Å². The summed E-state index contributed by atoms with van der Waals surface area (Å²) < 4.78 is 10.2. The summed E-state index contributed by atoms with van der Waals surface area (Å²) in [6.45, 7) is 5.81. The van der Waals surface area contributed by atoms with Gasteiger partial charge >= 0.3 is 12.1 Å². The maximum absolute atomic E-state index is 12.4. The van der Waals surface area contributed by atoms with E-state index in [1.54, 1.807) is 43.9 Å². The zero-order valence-electron chi connectivity index (χ0n) is 15.3. The second-order valence-electron chi connectivity index (χ2n) is 6.90. The van der Waals surface area contributed by atoms with Crippen LogP contribution in [0.4, 0.5) is 16.2 Å². The Kier molecular flexibility index (Phi) is 5.69. The molecule has 1 aliphatic rings. The number of ether oxygens (including phenoxy) is 2. The van der Waals surface area contributed by atoms with Crippen molar-refractivity contribution in [2.24, 2.45) is 0 Å². The van der Waals surface area contributed by atoms with E-state index < -0.39 is 28.6 Å². The molecule has 0 saturated carbocycles. The number of methoxy groups -OCH3 is 1. The summed E-state index contributed by atoms with van der Waals surface area (Å²) in [4.78, 5) is 38.5. The van der Waals surface area contributed by atoms with Crippen LogP contribution in [-0.4, -0.2) is 60.3 Å². The number of nitrogens with zero attached hydrogens (tertiary/aromatic N) is 3. The van der Waals surface area contributed by atoms with Crippen molar-refractivity contribution in [2.45, 2.75) is 32.4 Å². The molecular formula is C17H23N3O6. The first-order valence-electron chi connectivity index (χ1n) is 8.20. The van der Waals surface area contributed by atoms with E-state index in [-0.39, 0.29) is 18.8 Å². The van der Waals surface area contributed by atoms with Crippen molar-refractivity contribution in [1.82, 2.24) is 4.90 Å². The van der Waals surface area contributed by atoms with E-state index in [9.17, 15) is 19.7 Å². The summed E-state index contributed by atoms with van der Waals surface area (Å²) in [5.41, 5.74) is -0.357. The summed E-state index contributed by atoms with van der Waals surface area (Å²) in [6.07, 6.45) is -0.616. The summed E-state index contributed by atoms with van der Waals surface area (Å²) in [6, 6.07) is 5.38. The van der Waals surface area contributed by atoms with Gasteiger partial charge in [-0.1, -0.05) is 12.1 Å². The zero-order valence-corrected chi connectivity index (χ0v) is 15.3. The highest BCUT2D eigenvalue weighted by Crippen LogP contribution is 2.30. The van der Waals surface area contributed by atoms with E-state index in [1.165, 1.54) is 18.1 Å². The minimum absolute atomic E-state index is 0.0539. The Morgan fingerprint density at radius 2 is 1.88 bits per heavy atom. The third-order valence-electron chi connectivity index (χ3n) is 3.90. The topological polar surface area (TPSA) is 102 Å². The molecule has 26 heavy (non-hydrogen) atoms. The van der Waals surface area contributed by atoms with E-state index in [0.29, 0.717) is 12.2 Å². The number of carbonyl (C=O) groups is 2. The Labute approximate surface area is 151 Å². The summed E-state index contributed by atoms with van der Waals surface area (Å²) >= 11 is 0. The average Bonchev–Trinajstić information content (AvgIpc) is 2.59. The van der Waals surface area contributed by atoms with E-state index in [0.717, 1.165) is 0 Å². The van der Waals surface area contributed by atoms with Crippen LogP contribution >= 0.6 is 0 Å². The van der Waals surface area contributed by atoms with Crippen LogP contribution in [0, 0.1) is 10.1 Å². The molecule has 1 fully saturated rings. The van der Waals surface area contributed by atoms with Gasteiger partial charge in [-0.3, -0.25) is 15.0 Å². The third-order valence-corrected chi connectivity index (χ3v) is 3.90. The van der Waals surface area contributed by atoms with Crippen molar-refractivity contribution in [3.63, 3.8) is 0 Å². The molecule has 9 nitrogen and oxygen atoms in total. The fourth-order valence-corrected chi connectivity index (χ4v) is 2.76. The molecule has 0 unspecified atom stereocenters. The van der Waals surface area contributed by atoms with Gasteiger partial charge in [-0.05, 0) is 26.8 Å². The number of para-hydroxylation sites is 2. The van der Waals surface area contributed by atoms with Crippen molar-refractivity contribution in [3.8, 4) is 0 Å². The normalized spacial score (nSPS) is 17.6. The van der Waals surface area contributed by atoms with Crippen LogP contribution in [0.5, 0.6) is 0 Å². The Morgan fingerprint density at radius 1 is 1.23 bits per heavy atom. The van der Waals surface area contributed by atoms with Crippen molar-refractivity contribution >= 4 is 23.4 Å². The highest BCUT2D eigenvalue weighted by molar-refractivity contribution is 5.83. The molecule has 1 amide bonds. The van der Waals surface area contributed by atoms with Gasteiger partial charge in [0.1, 0.15) is 11.3 Å². The molecule has 0 aromatic heterocycles. The van der Waals surface area contributed by atoms with Gasteiger partial charge in [-0.2, -0.15) is 0 Å². The van der Waals surface area contributed by atoms with E-state index in [2.05, 4.69) is 0 Å². The first kappa shape index (κ1) is 19.5. The molecule has 0 radical (unpaired) electrons. The number of esters is 1. The van der Waals surface area contributed by atoms with E-state index in [4.69, 9.17) is 9.47 Å². The van der Waals surface area contributed by atoms with Gasteiger partial charge in [-0.15, -0.1) is 0 Å². The second kappa shape index (κ2) is 7.59. The Balaban J connectivity index is 2.27. The SMILES string of the molecule is COC(=O)[C@H]1CN(c2ccccc2[N+](=O)[O-])CCN1C(=O)OC(C)(C)C. The maximum Gasteiger partial charge on any atom is 0.411 e. The van der Waals surface area contributed by atoms with Gasteiger partial charge in [0.15, 0.2) is 6.04 Å². The quantitative estimate of drug-likeness (QED) is 0.459. The Morgan fingerprint density at radius 3 is 2.46 bits per heavy atom. The van der Waals surface area contributed by atoms with Crippen molar-refractivity contribution < 1.29 is 24.0 Å². The van der Waals surface area contributed by atoms with Crippen LogP contribution in [0.25, 0.3) is 0 Å². The lowest BCUT2D eigenvalue weighted by atomic mass is 10.1. The van der Waals surface area contributed by atoms with Gasteiger partial charge in [-0.25, -0.2) is 9.59 Å². The maximum atomic E-state index is 12.4. The predicted octanol–water partition coefficient (Wildman–Crippen LogP) is 2.19. The zero-order chi connectivity index (χ0) is 19.5. The van der Waals surface area contributed by atoms with Gasteiger partial charge in [0.25, 0.3) is 5.69 Å². The highest BCUT2D eigenvalue weighted by Gasteiger charge is 2.39. The summed E-state index contributed by atoms with van der Waals surface area (Å²) in [7, 11) is 1.24. The molecule has 0 N–H and O–H groups in total. The number of nitro groups is 1. The molecule has 0 bridgehead atoms. The van der Waals surface area contributed by atoms with Gasteiger partial charge in [0, 0.05) is 25.7 Å². The molecule has 1 atom stereocenters. The molecule has 1 heterocycles. The van der Waals surface area contributed by atoms with E-state index >= 15 is 0 Å². The first-order valence-corrected chi connectivity index (χ1v) is 8.20. The number of hydrogen-bond acceptors (Lipinski definition) is 7. The molecule has 9 heteroatoms. The number of anilines is 1. The van der Waals surface area contributed by atoms with Gasteiger partial charge < -0.3 is 14.4 Å². The van der Waals surface area contributed by atoms with Crippen molar-refractivity contribution in [1.29, 1.82) is 0 Å². The molecule has 1 aromatic rings. The molecule has 1 aromatic carbocycles. The Bertz CT molecular complexity index is 700. The average molecular weight is 365 g/mol. The fraction of sp³-hybridized carbons (Fsp3) is 0.529. The lowest BCUT2D eigenvalue weighted by Crippen LogP contribution is -2.59.